The molecule has 15 heavy (non-hydrogen) atoms. The first-order valence-electron chi connectivity index (χ1n) is 5.08. The number of hydrogen-bond acceptors (Lipinski definition) is 4. The Labute approximate surface area is 95.3 Å². The predicted octanol–water partition coefficient (Wildman–Crippen LogP) is 2.56. The third kappa shape index (κ3) is 2.96. The highest BCUT2D eigenvalue weighted by molar-refractivity contribution is 6.32. The van der Waals surface area contributed by atoms with Crippen LogP contribution >= 0.6 is 11.6 Å². The number of hydrogen-bond donors (Lipinski definition) is 2. The SMILES string of the molecule is CCC(Nc1ncnc(Cl)c1N)C(C)C. The van der Waals surface area contributed by atoms with Gasteiger partial charge in [-0.2, -0.15) is 0 Å². The molecule has 0 radical (unpaired) electrons. The number of nitrogens with two attached hydrogens (primary N) is 1. The molecule has 0 amide bonds. The second-order valence-corrected chi connectivity index (χ2v) is 4.19. The van der Waals surface area contributed by atoms with Crippen LogP contribution in [-0.2, 0) is 0 Å². The number of halogens is 1. The molecule has 1 unspecified atom stereocenters. The normalized spacial score (nSPS) is 12.9. The second-order valence-electron chi connectivity index (χ2n) is 3.83. The summed E-state index contributed by atoms with van der Waals surface area (Å²) in [6, 6.07) is 0.346. The lowest BCUT2D eigenvalue weighted by Crippen LogP contribution is -2.25. The van der Waals surface area contributed by atoms with Gasteiger partial charge in [0.2, 0.25) is 0 Å². The van der Waals surface area contributed by atoms with Crippen molar-refractivity contribution in [2.24, 2.45) is 5.92 Å². The van der Waals surface area contributed by atoms with Gasteiger partial charge in [-0.1, -0.05) is 32.4 Å². The minimum atomic E-state index is 0.297. The van der Waals surface area contributed by atoms with Gasteiger partial charge in [0.25, 0.3) is 0 Å². The average molecular weight is 229 g/mol. The molecule has 1 aromatic rings. The molecule has 0 saturated carbocycles. The van der Waals surface area contributed by atoms with E-state index in [1.54, 1.807) is 0 Å². The summed E-state index contributed by atoms with van der Waals surface area (Å²) in [7, 11) is 0. The third-order valence-electron chi connectivity index (χ3n) is 2.40. The minimum absolute atomic E-state index is 0.297. The van der Waals surface area contributed by atoms with Gasteiger partial charge in [-0.3, -0.25) is 0 Å². The molecule has 0 aromatic carbocycles. The van der Waals surface area contributed by atoms with Crippen molar-refractivity contribution >= 4 is 23.1 Å². The molecule has 1 rings (SSSR count). The molecule has 3 N–H and O–H groups in total. The zero-order valence-corrected chi connectivity index (χ0v) is 10.0. The van der Waals surface area contributed by atoms with Gasteiger partial charge in [0, 0.05) is 6.04 Å². The van der Waals surface area contributed by atoms with E-state index in [1.807, 2.05) is 0 Å². The summed E-state index contributed by atoms with van der Waals surface area (Å²) in [5.41, 5.74) is 6.18. The number of nitrogen functional groups attached to an aromatic ring is 1. The van der Waals surface area contributed by atoms with Gasteiger partial charge in [0.1, 0.15) is 12.0 Å². The van der Waals surface area contributed by atoms with Crippen LogP contribution in [0.1, 0.15) is 27.2 Å². The molecule has 1 aromatic heterocycles. The molecule has 0 fully saturated rings. The average Bonchev–Trinajstić information content (AvgIpc) is 2.19. The Balaban J connectivity index is 2.84. The molecular formula is C10H17ClN4. The maximum atomic E-state index is 5.80. The Bertz CT molecular complexity index is 327. The van der Waals surface area contributed by atoms with Crippen molar-refractivity contribution in [3.8, 4) is 0 Å². The van der Waals surface area contributed by atoms with Gasteiger partial charge in [-0.25, -0.2) is 9.97 Å². The van der Waals surface area contributed by atoms with Crippen molar-refractivity contribution in [3.63, 3.8) is 0 Å². The van der Waals surface area contributed by atoms with Crippen LogP contribution in [0.5, 0.6) is 0 Å². The largest absolute Gasteiger partial charge is 0.393 e. The summed E-state index contributed by atoms with van der Waals surface area (Å²) >= 11 is 5.80. The first-order chi connectivity index (χ1) is 7.06. The summed E-state index contributed by atoms with van der Waals surface area (Å²) < 4.78 is 0. The molecule has 0 saturated heterocycles. The third-order valence-corrected chi connectivity index (χ3v) is 2.70. The molecule has 84 valence electrons. The van der Waals surface area contributed by atoms with E-state index in [0.717, 1.165) is 6.42 Å². The molecule has 0 spiro atoms. The lowest BCUT2D eigenvalue weighted by Gasteiger charge is -2.22. The van der Waals surface area contributed by atoms with Gasteiger partial charge < -0.3 is 11.1 Å². The topological polar surface area (TPSA) is 63.8 Å². The van der Waals surface area contributed by atoms with Gasteiger partial charge in [0.05, 0.1) is 0 Å². The van der Waals surface area contributed by atoms with Crippen molar-refractivity contribution < 1.29 is 0 Å². The van der Waals surface area contributed by atoms with Gasteiger partial charge >= 0.3 is 0 Å². The van der Waals surface area contributed by atoms with Crippen molar-refractivity contribution in [2.75, 3.05) is 11.1 Å². The lowest BCUT2D eigenvalue weighted by molar-refractivity contribution is 0.510. The molecule has 0 bridgehead atoms. The van der Waals surface area contributed by atoms with Gasteiger partial charge in [0.15, 0.2) is 11.0 Å². The maximum absolute atomic E-state index is 5.80. The first-order valence-corrected chi connectivity index (χ1v) is 5.46. The van der Waals surface area contributed by atoms with Crippen molar-refractivity contribution in [3.05, 3.63) is 11.5 Å². The Morgan fingerprint density at radius 2 is 2.13 bits per heavy atom. The highest BCUT2D eigenvalue weighted by Crippen LogP contribution is 2.24. The molecule has 0 aliphatic heterocycles. The van der Waals surface area contributed by atoms with Crippen molar-refractivity contribution in [2.45, 2.75) is 33.2 Å². The van der Waals surface area contributed by atoms with E-state index in [2.05, 4.69) is 36.1 Å². The number of anilines is 2. The Kier molecular flexibility index (Phi) is 4.15. The number of aromatic nitrogens is 2. The highest BCUT2D eigenvalue weighted by Gasteiger charge is 2.14. The van der Waals surface area contributed by atoms with Gasteiger partial charge in [-0.15, -0.1) is 0 Å². The van der Waals surface area contributed by atoms with Crippen LogP contribution in [0.25, 0.3) is 0 Å². The smallest absolute Gasteiger partial charge is 0.157 e. The molecule has 0 aliphatic rings. The summed E-state index contributed by atoms with van der Waals surface area (Å²) in [6.07, 6.45) is 2.42. The van der Waals surface area contributed by atoms with Crippen LogP contribution in [0.2, 0.25) is 5.15 Å². The molecular weight excluding hydrogens is 212 g/mol. The van der Waals surface area contributed by atoms with Crippen molar-refractivity contribution in [1.82, 2.24) is 9.97 Å². The van der Waals surface area contributed by atoms with Crippen LogP contribution in [0.15, 0.2) is 6.33 Å². The van der Waals surface area contributed by atoms with Crippen LogP contribution in [0.4, 0.5) is 11.5 Å². The first kappa shape index (κ1) is 12.0. The lowest BCUT2D eigenvalue weighted by atomic mass is 10.0. The summed E-state index contributed by atoms with van der Waals surface area (Å²) in [5, 5.41) is 3.57. The zero-order valence-electron chi connectivity index (χ0n) is 9.29. The Hall–Kier alpha value is -1.03. The molecule has 1 atom stereocenters. The molecule has 5 heteroatoms. The van der Waals surface area contributed by atoms with E-state index < -0.39 is 0 Å². The fraction of sp³-hybridized carbons (Fsp3) is 0.600. The summed E-state index contributed by atoms with van der Waals surface area (Å²) in [5.74, 6) is 1.14. The quantitative estimate of drug-likeness (QED) is 0.778. The van der Waals surface area contributed by atoms with E-state index in [-0.39, 0.29) is 0 Å². The zero-order chi connectivity index (χ0) is 11.4. The van der Waals surface area contributed by atoms with E-state index in [0.29, 0.717) is 28.6 Å². The molecule has 1 heterocycles. The Morgan fingerprint density at radius 3 is 2.67 bits per heavy atom. The fourth-order valence-electron chi connectivity index (χ4n) is 1.40. The van der Waals surface area contributed by atoms with E-state index in [9.17, 15) is 0 Å². The van der Waals surface area contributed by atoms with Crippen molar-refractivity contribution in [1.29, 1.82) is 0 Å². The molecule has 0 aliphatic carbocycles. The maximum Gasteiger partial charge on any atom is 0.157 e. The van der Waals surface area contributed by atoms with Crippen LogP contribution in [0.3, 0.4) is 0 Å². The van der Waals surface area contributed by atoms with E-state index in [4.69, 9.17) is 17.3 Å². The Morgan fingerprint density at radius 1 is 1.47 bits per heavy atom. The fourth-order valence-corrected chi connectivity index (χ4v) is 1.54. The van der Waals surface area contributed by atoms with Gasteiger partial charge in [-0.05, 0) is 12.3 Å². The number of nitrogens with zero attached hydrogens (tertiary/aromatic N) is 2. The van der Waals surface area contributed by atoms with Crippen LogP contribution in [-0.4, -0.2) is 16.0 Å². The van der Waals surface area contributed by atoms with E-state index in [1.165, 1.54) is 6.33 Å². The second kappa shape index (κ2) is 5.16. The standard InChI is InChI=1S/C10H17ClN4/c1-4-7(6(2)3)15-10-8(12)9(11)13-5-14-10/h5-7H,4,12H2,1-3H3,(H,13,14,15). The summed E-state index contributed by atoms with van der Waals surface area (Å²) in [6.45, 7) is 6.43. The predicted molar refractivity (Wildman–Crippen MR) is 64.0 cm³/mol. The monoisotopic (exact) mass is 228 g/mol. The molecule has 4 nitrogen and oxygen atoms in total. The number of nitrogens with one attached hydrogen (secondary N) is 1. The highest BCUT2D eigenvalue weighted by atomic mass is 35.5. The summed E-state index contributed by atoms with van der Waals surface area (Å²) in [4.78, 5) is 7.88. The van der Waals surface area contributed by atoms with E-state index >= 15 is 0 Å². The number of rotatable bonds is 4. The van der Waals surface area contributed by atoms with Crippen LogP contribution in [0, 0.1) is 5.92 Å². The minimum Gasteiger partial charge on any atom is -0.393 e. The van der Waals surface area contributed by atoms with Crippen LogP contribution < -0.4 is 11.1 Å².